The van der Waals surface area contributed by atoms with E-state index >= 15 is 0 Å². The SMILES string of the molecule is NCC1CCCC1C(=O)N1CC[C@@H](O)C1. The highest BCUT2D eigenvalue weighted by Crippen LogP contribution is 2.33. The van der Waals surface area contributed by atoms with Crippen molar-refractivity contribution < 1.29 is 9.90 Å². The first-order valence-electron chi connectivity index (χ1n) is 5.89. The van der Waals surface area contributed by atoms with E-state index in [0.29, 0.717) is 25.6 Å². The monoisotopic (exact) mass is 212 g/mol. The van der Waals surface area contributed by atoms with Gasteiger partial charge in [0.25, 0.3) is 0 Å². The summed E-state index contributed by atoms with van der Waals surface area (Å²) in [4.78, 5) is 13.9. The largest absolute Gasteiger partial charge is 0.391 e. The number of hydrogen-bond acceptors (Lipinski definition) is 3. The number of hydrogen-bond donors (Lipinski definition) is 2. The van der Waals surface area contributed by atoms with Crippen LogP contribution in [0.5, 0.6) is 0 Å². The maximum Gasteiger partial charge on any atom is 0.226 e. The number of nitrogens with zero attached hydrogens (tertiary/aromatic N) is 1. The van der Waals surface area contributed by atoms with E-state index in [4.69, 9.17) is 5.73 Å². The van der Waals surface area contributed by atoms with Crippen LogP contribution in [-0.4, -0.2) is 41.7 Å². The zero-order valence-electron chi connectivity index (χ0n) is 9.06. The number of aliphatic hydroxyl groups excluding tert-OH is 1. The number of likely N-dealkylation sites (tertiary alicyclic amines) is 1. The van der Waals surface area contributed by atoms with Crippen LogP contribution in [0.2, 0.25) is 0 Å². The number of amides is 1. The number of nitrogens with two attached hydrogens (primary N) is 1. The zero-order valence-corrected chi connectivity index (χ0v) is 9.06. The quantitative estimate of drug-likeness (QED) is 0.674. The normalized spacial score (nSPS) is 36.1. The molecule has 3 N–H and O–H groups in total. The van der Waals surface area contributed by atoms with Gasteiger partial charge in [-0.25, -0.2) is 0 Å². The molecule has 4 nitrogen and oxygen atoms in total. The van der Waals surface area contributed by atoms with Crippen molar-refractivity contribution in [3.05, 3.63) is 0 Å². The minimum atomic E-state index is -0.313. The van der Waals surface area contributed by atoms with Gasteiger partial charge >= 0.3 is 0 Å². The molecule has 1 saturated heterocycles. The van der Waals surface area contributed by atoms with E-state index < -0.39 is 0 Å². The lowest BCUT2D eigenvalue weighted by Gasteiger charge is -2.23. The van der Waals surface area contributed by atoms with E-state index in [-0.39, 0.29) is 17.9 Å². The van der Waals surface area contributed by atoms with Crippen LogP contribution >= 0.6 is 0 Å². The molecule has 0 spiro atoms. The first-order chi connectivity index (χ1) is 7.22. The maximum absolute atomic E-state index is 12.1. The Morgan fingerprint density at radius 2 is 2.20 bits per heavy atom. The summed E-state index contributed by atoms with van der Waals surface area (Å²) >= 11 is 0. The average molecular weight is 212 g/mol. The Morgan fingerprint density at radius 1 is 1.40 bits per heavy atom. The molecule has 0 bridgehead atoms. The van der Waals surface area contributed by atoms with E-state index in [1.54, 1.807) is 0 Å². The van der Waals surface area contributed by atoms with Crippen molar-refractivity contribution in [1.82, 2.24) is 4.90 Å². The second kappa shape index (κ2) is 4.49. The number of β-amino-alcohol motifs (C(OH)–C–C–N with tert-alkyl or cyclic N) is 1. The molecule has 2 unspecified atom stereocenters. The number of carbonyl (C=O) groups excluding carboxylic acids is 1. The third kappa shape index (κ3) is 2.16. The Kier molecular flexibility index (Phi) is 3.26. The van der Waals surface area contributed by atoms with Gasteiger partial charge in [0, 0.05) is 19.0 Å². The van der Waals surface area contributed by atoms with E-state index in [9.17, 15) is 9.90 Å². The summed E-state index contributed by atoms with van der Waals surface area (Å²) < 4.78 is 0. The molecule has 1 aliphatic heterocycles. The Morgan fingerprint density at radius 3 is 2.80 bits per heavy atom. The van der Waals surface area contributed by atoms with Gasteiger partial charge in [-0.05, 0) is 31.7 Å². The lowest BCUT2D eigenvalue weighted by molar-refractivity contribution is -0.135. The van der Waals surface area contributed by atoms with Crippen LogP contribution in [0.1, 0.15) is 25.7 Å². The summed E-state index contributed by atoms with van der Waals surface area (Å²) in [5.74, 6) is 0.718. The maximum atomic E-state index is 12.1. The Balaban J connectivity index is 1.95. The predicted octanol–water partition coefficient (Wildman–Crippen LogP) is -0.0454. The van der Waals surface area contributed by atoms with Gasteiger partial charge in [0.05, 0.1) is 6.10 Å². The van der Waals surface area contributed by atoms with Gasteiger partial charge in [0.1, 0.15) is 0 Å². The molecular weight excluding hydrogens is 192 g/mol. The lowest BCUT2D eigenvalue weighted by atomic mass is 9.95. The Bertz CT molecular complexity index is 245. The molecule has 86 valence electrons. The van der Waals surface area contributed by atoms with Gasteiger partial charge < -0.3 is 15.7 Å². The molecule has 0 aromatic carbocycles. The van der Waals surface area contributed by atoms with E-state index in [0.717, 1.165) is 25.7 Å². The molecule has 0 radical (unpaired) electrons. The minimum Gasteiger partial charge on any atom is -0.391 e. The molecule has 3 atom stereocenters. The van der Waals surface area contributed by atoms with Gasteiger partial charge in [0.15, 0.2) is 0 Å². The summed E-state index contributed by atoms with van der Waals surface area (Å²) in [5.41, 5.74) is 5.67. The van der Waals surface area contributed by atoms with Crippen molar-refractivity contribution in [2.24, 2.45) is 17.6 Å². The van der Waals surface area contributed by atoms with Crippen molar-refractivity contribution in [3.63, 3.8) is 0 Å². The highest BCUT2D eigenvalue weighted by molar-refractivity contribution is 5.79. The summed E-state index contributed by atoms with van der Waals surface area (Å²) in [6.45, 7) is 1.85. The van der Waals surface area contributed by atoms with Crippen LogP contribution in [0.3, 0.4) is 0 Å². The molecule has 2 aliphatic rings. The lowest BCUT2D eigenvalue weighted by Crippen LogP contribution is -2.38. The van der Waals surface area contributed by atoms with Crippen LogP contribution in [0.25, 0.3) is 0 Å². The summed E-state index contributed by atoms with van der Waals surface area (Å²) in [6.07, 6.45) is 3.60. The molecule has 1 heterocycles. The molecule has 4 heteroatoms. The fraction of sp³-hybridized carbons (Fsp3) is 0.909. The van der Waals surface area contributed by atoms with E-state index in [1.165, 1.54) is 0 Å². The van der Waals surface area contributed by atoms with E-state index in [1.807, 2.05) is 4.90 Å². The smallest absolute Gasteiger partial charge is 0.226 e. The molecule has 0 aromatic heterocycles. The second-order valence-corrected chi connectivity index (χ2v) is 4.76. The van der Waals surface area contributed by atoms with Gasteiger partial charge in [-0.3, -0.25) is 4.79 Å². The van der Waals surface area contributed by atoms with Crippen molar-refractivity contribution in [2.75, 3.05) is 19.6 Å². The minimum absolute atomic E-state index is 0.125. The topological polar surface area (TPSA) is 66.6 Å². The molecule has 2 rings (SSSR count). The van der Waals surface area contributed by atoms with Crippen molar-refractivity contribution in [1.29, 1.82) is 0 Å². The van der Waals surface area contributed by atoms with Crippen LogP contribution in [0.15, 0.2) is 0 Å². The Labute approximate surface area is 90.4 Å². The van der Waals surface area contributed by atoms with Crippen molar-refractivity contribution >= 4 is 5.91 Å². The molecule has 1 amide bonds. The molecular formula is C11H20N2O2. The second-order valence-electron chi connectivity index (χ2n) is 4.76. The van der Waals surface area contributed by atoms with Crippen molar-refractivity contribution in [3.8, 4) is 0 Å². The zero-order chi connectivity index (χ0) is 10.8. The van der Waals surface area contributed by atoms with Crippen LogP contribution in [0.4, 0.5) is 0 Å². The number of aliphatic hydroxyl groups is 1. The van der Waals surface area contributed by atoms with Crippen LogP contribution in [0, 0.1) is 11.8 Å². The van der Waals surface area contributed by atoms with Crippen LogP contribution < -0.4 is 5.73 Å². The molecule has 1 saturated carbocycles. The van der Waals surface area contributed by atoms with Crippen LogP contribution in [-0.2, 0) is 4.79 Å². The standard InChI is InChI=1S/C11H20N2O2/c12-6-8-2-1-3-10(8)11(15)13-5-4-9(14)7-13/h8-10,14H,1-7,12H2/t8?,9-,10?/m1/s1. The summed E-state index contributed by atoms with van der Waals surface area (Å²) in [5, 5.41) is 9.40. The Hall–Kier alpha value is -0.610. The van der Waals surface area contributed by atoms with Gasteiger partial charge in [-0.1, -0.05) is 6.42 Å². The van der Waals surface area contributed by atoms with Crippen molar-refractivity contribution in [2.45, 2.75) is 31.8 Å². The summed E-state index contributed by atoms with van der Waals surface area (Å²) in [6, 6.07) is 0. The highest BCUT2D eigenvalue weighted by atomic mass is 16.3. The van der Waals surface area contributed by atoms with E-state index in [2.05, 4.69) is 0 Å². The predicted molar refractivity (Wildman–Crippen MR) is 57.1 cm³/mol. The van der Waals surface area contributed by atoms with Gasteiger partial charge in [-0.15, -0.1) is 0 Å². The molecule has 15 heavy (non-hydrogen) atoms. The van der Waals surface area contributed by atoms with Gasteiger partial charge in [0.2, 0.25) is 5.91 Å². The first-order valence-corrected chi connectivity index (χ1v) is 5.89. The number of carbonyl (C=O) groups is 1. The first kappa shape index (κ1) is 10.9. The molecule has 1 aliphatic carbocycles. The molecule has 2 fully saturated rings. The third-order valence-corrected chi connectivity index (χ3v) is 3.75. The fourth-order valence-corrected chi connectivity index (χ4v) is 2.82. The van der Waals surface area contributed by atoms with Gasteiger partial charge in [-0.2, -0.15) is 0 Å². The average Bonchev–Trinajstić information content (AvgIpc) is 2.84. The molecule has 0 aromatic rings. The highest BCUT2D eigenvalue weighted by Gasteiger charge is 2.36. The third-order valence-electron chi connectivity index (χ3n) is 3.75. The summed E-state index contributed by atoms with van der Waals surface area (Å²) in [7, 11) is 0. The fourth-order valence-electron chi connectivity index (χ4n) is 2.82. The number of rotatable bonds is 2.